The maximum Gasteiger partial charge on any atom is 0.265 e. The van der Waals surface area contributed by atoms with E-state index in [1.165, 1.54) is 0 Å². The lowest BCUT2D eigenvalue weighted by atomic mass is 9.91. The number of aldehydes is 1. The fraction of sp³-hybridized carbons (Fsp3) is 0.500. The molecule has 2 aliphatic rings. The Morgan fingerprint density at radius 3 is 3.06 bits per heavy atom. The van der Waals surface area contributed by atoms with Crippen molar-refractivity contribution in [1.29, 1.82) is 0 Å². The van der Waals surface area contributed by atoms with Gasteiger partial charge in [-0.1, -0.05) is 13.8 Å². The maximum absolute atomic E-state index is 11.6. The van der Waals surface area contributed by atoms with Crippen LogP contribution in [0.25, 0.3) is 0 Å². The van der Waals surface area contributed by atoms with Gasteiger partial charge in [0, 0.05) is 7.85 Å². The second-order valence-corrected chi connectivity index (χ2v) is 4.21. The van der Waals surface area contributed by atoms with Crippen molar-refractivity contribution in [2.75, 3.05) is 0 Å². The van der Waals surface area contributed by atoms with Gasteiger partial charge in [-0.25, -0.2) is 0 Å². The molecule has 0 saturated carbocycles. The van der Waals surface area contributed by atoms with Gasteiger partial charge in [0.15, 0.2) is 6.10 Å². The molecule has 0 aromatic heterocycles. The third kappa shape index (κ3) is 1.75. The van der Waals surface area contributed by atoms with Gasteiger partial charge < -0.3 is 10.1 Å². The van der Waals surface area contributed by atoms with E-state index in [1.807, 2.05) is 13.8 Å². The van der Waals surface area contributed by atoms with Gasteiger partial charge in [0.05, 0.1) is 5.70 Å². The molecule has 1 aliphatic carbocycles. The van der Waals surface area contributed by atoms with Crippen LogP contribution in [0.4, 0.5) is 0 Å². The summed E-state index contributed by atoms with van der Waals surface area (Å²) < 4.78 is 5.62. The van der Waals surface area contributed by atoms with Gasteiger partial charge in [-0.2, -0.15) is 0 Å². The van der Waals surface area contributed by atoms with Crippen LogP contribution in [-0.2, 0) is 14.3 Å². The zero-order chi connectivity index (χ0) is 11.7. The van der Waals surface area contributed by atoms with Crippen molar-refractivity contribution in [3.63, 3.8) is 0 Å². The van der Waals surface area contributed by atoms with Gasteiger partial charge in [-0.3, -0.25) is 9.59 Å². The second-order valence-electron chi connectivity index (χ2n) is 4.21. The standard InChI is InChI=1S/C12H15NO3.H2/c1-3-10-12(15)13-9-5-8(6-14)7(2)4-11(9)16-10;/h5-7,10H,3-4H2,1-2H3,(H,13,15);1H. The highest BCUT2D eigenvalue weighted by Gasteiger charge is 2.31. The molecule has 1 N–H and O–H groups in total. The van der Waals surface area contributed by atoms with Gasteiger partial charge >= 0.3 is 0 Å². The molecule has 1 amide bonds. The summed E-state index contributed by atoms with van der Waals surface area (Å²) in [5.41, 5.74) is 1.35. The Balaban J connectivity index is 0.00000144. The Morgan fingerprint density at radius 2 is 2.44 bits per heavy atom. The summed E-state index contributed by atoms with van der Waals surface area (Å²) in [6.07, 6.45) is 3.49. The van der Waals surface area contributed by atoms with E-state index in [9.17, 15) is 9.59 Å². The number of carbonyl (C=O) groups excluding carboxylic acids is 2. The van der Waals surface area contributed by atoms with Crippen LogP contribution in [-0.4, -0.2) is 18.3 Å². The lowest BCUT2D eigenvalue weighted by molar-refractivity contribution is -0.132. The van der Waals surface area contributed by atoms with Crippen LogP contribution < -0.4 is 5.32 Å². The molecule has 4 heteroatoms. The largest absolute Gasteiger partial charge is 0.483 e. The van der Waals surface area contributed by atoms with Crippen molar-refractivity contribution in [1.82, 2.24) is 5.32 Å². The van der Waals surface area contributed by atoms with E-state index in [0.29, 0.717) is 24.1 Å². The molecule has 0 spiro atoms. The first-order valence-electron chi connectivity index (χ1n) is 5.53. The van der Waals surface area contributed by atoms with Crippen LogP contribution in [0.5, 0.6) is 0 Å². The lowest BCUT2D eigenvalue weighted by Crippen LogP contribution is -2.41. The SMILES string of the molecule is CCC1OC2=C(C=C(C=O)C(C)C2)NC1=O.[HH]. The summed E-state index contributed by atoms with van der Waals surface area (Å²) in [4.78, 5) is 22.4. The molecule has 2 atom stereocenters. The van der Waals surface area contributed by atoms with Crippen LogP contribution in [0.1, 0.15) is 28.1 Å². The molecule has 16 heavy (non-hydrogen) atoms. The minimum Gasteiger partial charge on any atom is -0.483 e. The van der Waals surface area contributed by atoms with Crippen molar-refractivity contribution in [3.05, 3.63) is 23.1 Å². The number of rotatable bonds is 2. The smallest absolute Gasteiger partial charge is 0.265 e. The number of amides is 1. The van der Waals surface area contributed by atoms with Crippen LogP contribution in [0.3, 0.4) is 0 Å². The van der Waals surface area contributed by atoms with Gasteiger partial charge in [-0.15, -0.1) is 0 Å². The quantitative estimate of drug-likeness (QED) is 0.722. The number of carbonyl (C=O) groups is 2. The topological polar surface area (TPSA) is 55.4 Å². The van der Waals surface area contributed by atoms with Crippen molar-refractivity contribution in [2.45, 2.75) is 32.8 Å². The molecule has 0 bridgehead atoms. The minimum absolute atomic E-state index is 0. The van der Waals surface area contributed by atoms with E-state index in [-0.39, 0.29) is 13.3 Å². The molecule has 0 aromatic carbocycles. The Morgan fingerprint density at radius 1 is 1.69 bits per heavy atom. The third-order valence-corrected chi connectivity index (χ3v) is 3.01. The van der Waals surface area contributed by atoms with Crippen LogP contribution in [0, 0.1) is 5.92 Å². The summed E-state index contributed by atoms with van der Waals surface area (Å²) in [7, 11) is 0. The molecule has 4 nitrogen and oxygen atoms in total. The Labute approximate surface area is 95.8 Å². The van der Waals surface area contributed by atoms with Crippen molar-refractivity contribution in [2.24, 2.45) is 5.92 Å². The molecule has 1 aliphatic heterocycles. The molecule has 1 heterocycles. The van der Waals surface area contributed by atoms with E-state index in [1.54, 1.807) is 6.08 Å². The van der Waals surface area contributed by atoms with E-state index in [4.69, 9.17) is 4.74 Å². The number of hydrogen-bond donors (Lipinski definition) is 1. The molecule has 88 valence electrons. The fourth-order valence-electron chi connectivity index (χ4n) is 1.97. The first-order valence-corrected chi connectivity index (χ1v) is 5.53. The molecule has 0 radical (unpaired) electrons. The van der Waals surface area contributed by atoms with Crippen molar-refractivity contribution in [3.8, 4) is 0 Å². The molecule has 2 rings (SSSR count). The average Bonchev–Trinajstić information content (AvgIpc) is 2.28. The molecule has 0 fully saturated rings. The number of ether oxygens (including phenoxy) is 1. The highest BCUT2D eigenvalue weighted by atomic mass is 16.5. The molecule has 0 aromatic rings. The summed E-state index contributed by atoms with van der Waals surface area (Å²) in [5, 5.41) is 2.78. The van der Waals surface area contributed by atoms with Crippen LogP contribution in [0.15, 0.2) is 23.1 Å². The van der Waals surface area contributed by atoms with E-state index in [2.05, 4.69) is 5.32 Å². The zero-order valence-corrected chi connectivity index (χ0v) is 9.45. The maximum atomic E-state index is 11.6. The Hall–Kier alpha value is -1.58. The third-order valence-electron chi connectivity index (χ3n) is 3.01. The Kier molecular flexibility index (Phi) is 2.81. The molecular formula is C12H17NO3. The van der Waals surface area contributed by atoms with Gasteiger partial charge in [0.25, 0.3) is 5.91 Å². The number of allylic oxidation sites excluding steroid dienone is 3. The highest BCUT2D eigenvalue weighted by Crippen LogP contribution is 2.31. The first-order chi connectivity index (χ1) is 7.65. The molecule has 0 saturated heterocycles. The summed E-state index contributed by atoms with van der Waals surface area (Å²) in [5.74, 6) is 0.825. The Bertz CT molecular complexity index is 401. The van der Waals surface area contributed by atoms with E-state index >= 15 is 0 Å². The van der Waals surface area contributed by atoms with Crippen molar-refractivity contribution >= 4 is 12.2 Å². The minimum atomic E-state index is -0.392. The number of nitrogens with one attached hydrogen (secondary N) is 1. The highest BCUT2D eigenvalue weighted by molar-refractivity contribution is 5.85. The predicted octanol–water partition coefficient (Wildman–Crippen LogP) is 1.53. The van der Waals surface area contributed by atoms with Gasteiger partial charge in [0.1, 0.15) is 12.0 Å². The van der Waals surface area contributed by atoms with E-state index < -0.39 is 6.10 Å². The van der Waals surface area contributed by atoms with Gasteiger partial charge in [-0.05, 0) is 24.0 Å². The van der Waals surface area contributed by atoms with Crippen LogP contribution >= 0.6 is 0 Å². The number of hydrogen-bond acceptors (Lipinski definition) is 3. The summed E-state index contributed by atoms with van der Waals surface area (Å²) in [6, 6.07) is 0. The summed E-state index contributed by atoms with van der Waals surface area (Å²) in [6.45, 7) is 3.89. The van der Waals surface area contributed by atoms with Gasteiger partial charge in [0.2, 0.25) is 0 Å². The molecular weight excluding hydrogens is 206 g/mol. The normalized spacial score (nSPS) is 28.9. The van der Waals surface area contributed by atoms with Crippen LogP contribution in [0.2, 0.25) is 0 Å². The van der Waals surface area contributed by atoms with Crippen molar-refractivity contribution < 1.29 is 15.8 Å². The lowest BCUT2D eigenvalue weighted by Gasteiger charge is -2.31. The fourth-order valence-corrected chi connectivity index (χ4v) is 1.97. The first kappa shape index (κ1) is 10.9. The average molecular weight is 223 g/mol. The van der Waals surface area contributed by atoms with E-state index in [0.717, 1.165) is 12.0 Å². The monoisotopic (exact) mass is 223 g/mol. The molecule has 2 unspecified atom stereocenters. The summed E-state index contributed by atoms with van der Waals surface area (Å²) >= 11 is 0. The predicted molar refractivity (Wildman–Crippen MR) is 60.4 cm³/mol. The zero-order valence-electron chi connectivity index (χ0n) is 9.45. The second kappa shape index (κ2) is 4.12.